The highest BCUT2D eigenvalue weighted by Crippen LogP contribution is 2.37. The van der Waals surface area contributed by atoms with E-state index in [4.69, 9.17) is 14.2 Å². The molecule has 5 rings (SSSR count). The Morgan fingerprint density at radius 1 is 1.06 bits per heavy atom. The number of fused-ring (bicyclic) bond motifs is 4. The summed E-state index contributed by atoms with van der Waals surface area (Å²) in [5, 5.41) is 5.29. The van der Waals surface area contributed by atoms with Gasteiger partial charge in [0.25, 0.3) is 5.91 Å². The first-order valence-corrected chi connectivity index (χ1v) is 10.9. The number of benzene rings is 2. The maximum Gasteiger partial charge on any atom is 0.268 e. The fraction of sp³-hybridized carbons (Fsp3) is 0.320. The smallest absolute Gasteiger partial charge is 0.268 e. The Hall–Kier alpha value is -3.61. The third-order valence-corrected chi connectivity index (χ3v) is 6.16. The number of hydrogen-bond donors (Lipinski definition) is 3. The average Bonchev–Trinajstić information content (AvgIpc) is 3.39. The molecule has 0 aliphatic heterocycles. The molecule has 1 aliphatic rings. The van der Waals surface area contributed by atoms with Gasteiger partial charge in [-0.3, -0.25) is 4.79 Å². The van der Waals surface area contributed by atoms with Crippen LogP contribution in [0.25, 0.3) is 21.8 Å². The minimum atomic E-state index is -0.134. The third-order valence-electron chi connectivity index (χ3n) is 6.16. The molecule has 1 amide bonds. The van der Waals surface area contributed by atoms with E-state index in [1.165, 1.54) is 10.9 Å². The molecule has 2 aromatic heterocycles. The molecule has 1 atom stereocenters. The van der Waals surface area contributed by atoms with Crippen LogP contribution in [0.4, 0.5) is 0 Å². The molecule has 0 fully saturated rings. The van der Waals surface area contributed by atoms with Gasteiger partial charge in [-0.2, -0.15) is 0 Å². The van der Waals surface area contributed by atoms with Crippen LogP contribution in [0.2, 0.25) is 0 Å². The molecule has 1 aliphatic carbocycles. The normalized spacial score (nSPS) is 15.5. The summed E-state index contributed by atoms with van der Waals surface area (Å²) in [6.07, 6.45) is 2.90. The van der Waals surface area contributed by atoms with Crippen molar-refractivity contribution in [1.82, 2.24) is 15.3 Å². The second-order valence-corrected chi connectivity index (χ2v) is 8.05. The summed E-state index contributed by atoms with van der Waals surface area (Å²) in [6.45, 7) is 2.62. The Morgan fingerprint density at radius 3 is 2.66 bits per heavy atom. The van der Waals surface area contributed by atoms with Crippen LogP contribution >= 0.6 is 0 Å². The fourth-order valence-corrected chi connectivity index (χ4v) is 4.66. The van der Waals surface area contributed by atoms with E-state index < -0.39 is 0 Å². The molecule has 2 heterocycles. The number of aryl methyl sites for hydroxylation is 1. The zero-order valence-corrected chi connectivity index (χ0v) is 18.5. The molecule has 166 valence electrons. The van der Waals surface area contributed by atoms with E-state index in [2.05, 4.69) is 27.4 Å². The van der Waals surface area contributed by atoms with Crippen LogP contribution in [-0.4, -0.2) is 36.7 Å². The van der Waals surface area contributed by atoms with Gasteiger partial charge in [-0.15, -0.1) is 0 Å². The molecule has 7 nitrogen and oxygen atoms in total. The quantitative estimate of drug-likeness (QED) is 0.405. The molecule has 0 bridgehead atoms. The van der Waals surface area contributed by atoms with Crippen LogP contribution in [0.1, 0.15) is 47.6 Å². The Kier molecular flexibility index (Phi) is 5.17. The van der Waals surface area contributed by atoms with Crippen molar-refractivity contribution in [2.24, 2.45) is 0 Å². The third kappa shape index (κ3) is 3.43. The second kappa shape index (κ2) is 8.15. The monoisotopic (exact) mass is 433 g/mol. The molecule has 2 aromatic carbocycles. The number of nitrogens with one attached hydrogen (secondary N) is 3. The molecule has 3 N–H and O–H groups in total. The zero-order valence-electron chi connectivity index (χ0n) is 18.5. The van der Waals surface area contributed by atoms with Gasteiger partial charge in [-0.05, 0) is 62.1 Å². The topological polar surface area (TPSA) is 88.4 Å². The van der Waals surface area contributed by atoms with Crippen LogP contribution < -0.4 is 19.5 Å². The molecule has 0 saturated carbocycles. The maximum absolute atomic E-state index is 13.1. The number of carbonyl (C=O) groups is 1. The van der Waals surface area contributed by atoms with Crippen molar-refractivity contribution in [3.05, 3.63) is 53.3 Å². The standard InChI is InChI=1S/C25H27N3O4/c1-4-32-15-8-9-18-17(12-15)16-6-5-7-19(24(16)27-18)28-25(29)21-10-14-11-22(30-2)23(31-3)13-20(14)26-21/h8-13,19,26-27H,4-7H2,1-3H3,(H,28,29)/t19-/m1/s1. The van der Waals surface area contributed by atoms with Crippen LogP contribution in [0, 0.1) is 0 Å². The minimum Gasteiger partial charge on any atom is -0.494 e. The van der Waals surface area contributed by atoms with Crippen LogP contribution in [0.5, 0.6) is 17.2 Å². The summed E-state index contributed by atoms with van der Waals surface area (Å²) in [5.74, 6) is 1.99. The van der Waals surface area contributed by atoms with Crippen molar-refractivity contribution >= 4 is 27.7 Å². The summed E-state index contributed by atoms with van der Waals surface area (Å²) in [4.78, 5) is 19.9. The lowest BCUT2D eigenvalue weighted by Crippen LogP contribution is -2.31. The van der Waals surface area contributed by atoms with E-state index in [1.54, 1.807) is 14.2 Å². The number of aromatic amines is 2. The van der Waals surface area contributed by atoms with Gasteiger partial charge in [0.1, 0.15) is 11.4 Å². The number of carbonyl (C=O) groups excluding carboxylic acids is 1. The summed E-state index contributed by atoms with van der Waals surface area (Å²) in [6, 6.07) is 11.6. The van der Waals surface area contributed by atoms with Crippen LogP contribution in [-0.2, 0) is 6.42 Å². The Balaban J connectivity index is 1.43. The molecule has 0 saturated heterocycles. The average molecular weight is 434 g/mol. The maximum atomic E-state index is 13.1. The predicted octanol–water partition coefficient (Wildman–Crippen LogP) is 4.87. The first-order chi connectivity index (χ1) is 15.6. The van der Waals surface area contributed by atoms with Gasteiger partial charge in [-0.1, -0.05) is 0 Å². The number of ether oxygens (including phenoxy) is 3. The lowest BCUT2D eigenvalue weighted by molar-refractivity contribution is 0.0927. The Bertz CT molecular complexity index is 1260. The molecule has 7 heteroatoms. The summed E-state index contributed by atoms with van der Waals surface area (Å²) in [5.41, 5.74) is 4.77. The Labute approximate surface area is 186 Å². The largest absolute Gasteiger partial charge is 0.494 e. The van der Waals surface area contributed by atoms with E-state index in [9.17, 15) is 4.79 Å². The molecule has 0 unspecified atom stereocenters. The Morgan fingerprint density at radius 2 is 1.88 bits per heavy atom. The molecule has 32 heavy (non-hydrogen) atoms. The van der Waals surface area contributed by atoms with Gasteiger partial charge in [0.05, 0.1) is 26.9 Å². The van der Waals surface area contributed by atoms with E-state index in [0.717, 1.165) is 47.1 Å². The van der Waals surface area contributed by atoms with E-state index >= 15 is 0 Å². The van der Waals surface area contributed by atoms with E-state index in [1.807, 2.05) is 31.2 Å². The molecule has 0 spiro atoms. The molecule has 0 radical (unpaired) electrons. The summed E-state index contributed by atoms with van der Waals surface area (Å²) < 4.78 is 16.4. The van der Waals surface area contributed by atoms with Gasteiger partial charge >= 0.3 is 0 Å². The highest BCUT2D eigenvalue weighted by molar-refractivity contribution is 5.99. The van der Waals surface area contributed by atoms with Crippen molar-refractivity contribution in [1.29, 1.82) is 0 Å². The number of rotatable bonds is 6. The number of methoxy groups -OCH3 is 2. The van der Waals surface area contributed by atoms with Gasteiger partial charge in [0, 0.05) is 33.6 Å². The molecular formula is C25H27N3O4. The van der Waals surface area contributed by atoms with Crippen molar-refractivity contribution in [2.45, 2.75) is 32.2 Å². The van der Waals surface area contributed by atoms with E-state index in [0.29, 0.717) is 23.8 Å². The first kappa shape index (κ1) is 20.3. The van der Waals surface area contributed by atoms with Crippen LogP contribution in [0.3, 0.4) is 0 Å². The van der Waals surface area contributed by atoms with Crippen LogP contribution in [0.15, 0.2) is 36.4 Å². The van der Waals surface area contributed by atoms with Crippen molar-refractivity contribution in [2.75, 3.05) is 20.8 Å². The van der Waals surface area contributed by atoms with Gasteiger partial charge in [-0.25, -0.2) is 0 Å². The summed E-state index contributed by atoms with van der Waals surface area (Å²) >= 11 is 0. The second-order valence-electron chi connectivity index (χ2n) is 8.05. The molecular weight excluding hydrogens is 406 g/mol. The predicted molar refractivity (Wildman–Crippen MR) is 124 cm³/mol. The van der Waals surface area contributed by atoms with Gasteiger partial charge in [0.15, 0.2) is 11.5 Å². The highest BCUT2D eigenvalue weighted by atomic mass is 16.5. The van der Waals surface area contributed by atoms with E-state index in [-0.39, 0.29) is 11.9 Å². The van der Waals surface area contributed by atoms with Gasteiger partial charge in [0.2, 0.25) is 0 Å². The van der Waals surface area contributed by atoms with Crippen molar-refractivity contribution in [3.63, 3.8) is 0 Å². The zero-order chi connectivity index (χ0) is 22.2. The first-order valence-electron chi connectivity index (χ1n) is 10.9. The summed E-state index contributed by atoms with van der Waals surface area (Å²) in [7, 11) is 3.20. The number of H-pyrrole nitrogens is 2. The number of hydrogen-bond acceptors (Lipinski definition) is 4. The highest BCUT2D eigenvalue weighted by Gasteiger charge is 2.26. The number of amides is 1. The van der Waals surface area contributed by atoms with Gasteiger partial charge < -0.3 is 29.5 Å². The lowest BCUT2D eigenvalue weighted by Gasteiger charge is -2.23. The lowest BCUT2D eigenvalue weighted by atomic mass is 9.91. The molecule has 4 aromatic rings. The fourth-order valence-electron chi connectivity index (χ4n) is 4.66. The SMILES string of the molecule is CCOc1ccc2[nH]c3c(c2c1)CCC[C@H]3NC(=O)c1cc2cc(OC)c(OC)cc2[nH]1. The van der Waals surface area contributed by atoms with Crippen molar-refractivity contribution < 1.29 is 19.0 Å². The minimum absolute atomic E-state index is 0.0651. The van der Waals surface area contributed by atoms with Crippen molar-refractivity contribution in [3.8, 4) is 17.2 Å². The number of aromatic nitrogens is 2.